The molecular weight excluding hydrogens is 387 g/mol. The first-order valence-electron chi connectivity index (χ1n) is 10.2. The van der Waals surface area contributed by atoms with Gasteiger partial charge in [0.25, 0.3) is 0 Å². The highest BCUT2D eigenvalue weighted by atomic mass is 19.1. The Labute approximate surface area is 177 Å². The summed E-state index contributed by atoms with van der Waals surface area (Å²) in [5.74, 6) is 0.744. The number of hydrogen-bond acceptors (Lipinski definition) is 5. The number of amides is 2. The molecule has 1 saturated heterocycles. The second-order valence-corrected chi connectivity index (χ2v) is 7.87. The monoisotopic (exact) mass is 418 g/mol. The third kappa shape index (κ3) is 5.96. The van der Waals surface area contributed by atoms with Crippen LogP contribution in [-0.2, 0) is 6.54 Å². The first kappa shape index (κ1) is 22.1. The number of furan rings is 1. The number of carbonyl (C=O) groups is 1. The number of benzene rings is 1. The van der Waals surface area contributed by atoms with Gasteiger partial charge in [0.05, 0.1) is 19.4 Å². The molecular formula is C22H31FN4O3. The summed E-state index contributed by atoms with van der Waals surface area (Å²) in [6, 6.07) is 8.79. The standard InChI is InChI=1S/C22H31FN4O3/c1-26(2)19(21-5-4-12-30-21)14-24-22(28)25-17-8-10-27(11-9-17)15-16-6-7-20(29-3)18(23)13-16/h4-7,12-13,17,19H,8-11,14-15H2,1-3H3,(H2,24,25,28). The van der Waals surface area contributed by atoms with Crippen molar-refractivity contribution in [3.8, 4) is 5.75 Å². The number of nitrogens with one attached hydrogen (secondary N) is 2. The zero-order valence-electron chi connectivity index (χ0n) is 17.9. The number of urea groups is 1. The molecule has 2 N–H and O–H groups in total. The molecule has 164 valence electrons. The first-order chi connectivity index (χ1) is 14.5. The summed E-state index contributed by atoms with van der Waals surface area (Å²) in [4.78, 5) is 16.6. The van der Waals surface area contributed by atoms with Gasteiger partial charge in [-0.15, -0.1) is 0 Å². The van der Waals surface area contributed by atoms with E-state index in [2.05, 4.69) is 15.5 Å². The molecule has 1 fully saturated rings. The molecule has 0 radical (unpaired) electrons. The van der Waals surface area contributed by atoms with Gasteiger partial charge in [0, 0.05) is 32.2 Å². The summed E-state index contributed by atoms with van der Waals surface area (Å²) in [5, 5.41) is 6.01. The average molecular weight is 419 g/mol. The third-order valence-electron chi connectivity index (χ3n) is 5.50. The second kappa shape index (κ2) is 10.4. The Bertz CT molecular complexity index is 805. The Morgan fingerprint density at radius 2 is 2.10 bits per heavy atom. The molecule has 1 aromatic heterocycles. The van der Waals surface area contributed by atoms with Crippen molar-refractivity contribution in [2.75, 3.05) is 40.8 Å². The maximum Gasteiger partial charge on any atom is 0.315 e. The Balaban J connectivity index is 1.41. The fourth-order valence-corrected chi connectivity index (χ4v) is 3.75. The summed E-state index contributed by atoms with van der Waals surface area (Å²) in [6.07, 6.45) is 3.36. The molecule has 7 nitrogen and oxygen atoms in total. The lowest BCUT2D eigenvalue weighted by Crippen LogP contribution is -2.48. The van der Waals surface area contributed by atoms with Crippen LogP contribution in [0.5, 0.6) is 5.75 Å². The normalized spacial score (nSPS) is 16.4. The maximum atomic E-state index is 13.9. The number of piperidine rings is 1. The Morgan fingerprint density at radius 3 is 2.70 bits per heavy atom. The van der Waals surface area contributed by atoms with E-state index < -0.39 is 0 Å². The molecule has 0 aliphatic carbocycles. The zero-order chi connectivity index (χ0) is 21.5. The molecule has 0 saturated carbocycles. The molecule has 0 bridgehead atoms. The molecule has 1 unspecified atom stereocenters. The largest absolute Gasteiger partial charge is 0.494 e. The minimum Gasteiger partial charge on any atom is -0.494 e. The number of methoxy groups -OCH3 is 1. The van der Waals surface area contributed by atoms with Crippen molar-refractivity contribution in [2.24, 2.45) is 0 Å². The van der Waals surface area contributed by atoms with E-state index in [0.29, 0.717) is 13.1 Å². The summed E-state index contributed by atoms with van der Waals surface area (Å²) in [5.41, 5.74) is 0.921. The van der Waals surface area contributed by atoms with Gasteiger partial charge in [0.1, 0.15) is 5.76 Å². The predicted molar refractivity (Wildman–Crippen MR) is 113 cm³/mol. The van der Waals surface area contributed by atoms with Gasteiger partial charge < -0.3 is 19.8 Å². The van der Waals surface area contributed by atoms with Gasteiger partial charge in [-0.2, -0.15) is 0 Å². The number of rotatable bonds is 8. The molecule has 30 heavy (non-hydrogen) atoms. The van der Waals surface area contributed by atoms with Gasteiger partial charge in [0.2, 0.25) is 0 Å². The lowest BCUT2D eigenvalue weighted by molar-refractivity contribution is 0.184. The van der Waals surface area contributed by atoms with Crippen LogP contribution in [0.3, 0.4) is 0 Å². The molecule has 1 atom stereocenters. The smallest absolute Gasteiger partial charge is 0.315 e. The van der Waals surface area contributed by atoms with Gasteiger partial charge >= 0.3 is 6.03 Å². The lowest BCUT2D eigenvalue weighted by atomic mass is 10.0. The fourth-order valence-electron chi connectivity index (χ4n) is 3.75. The maximum absolute atomic E-state index is 13.9. The van der Waals surface area contributed by atoms with Crippen molar-refractivity contribution < 1.29 is 18.3 Å². The van der Waals surface area contributed by atoms with E-state index in [1.807, 2.05) is 37.2 Å². The Hall–Kier alpha value is -2.58. The van der Waals surface area contributed by atoms with Crippen LogP contribution < -0.4 is 15.4 Å². The number of hydrogen-bond donors (Lipinski definition) is 2. The van der Waals surface area contributed by atoms with Crippen molar-refractivity contribution in [3.05, 3.63) is 53.7 Å². The lowest BCUT2D eigenvalue weighted by Gasteiger charge is -2.32. The van der Waals surface area contributed by atoms with E-state index in [1.54, 1.807) is 12.3 Å². The van der Waals surface area contributed by atoms with Crippen LogP contribution in [0, 0.1) is 5.82 Å². The molecule has 2 amide bonds. The van der Waals surface area contributed by atoms with E-state index >= 15 is 0 Å². The van der Waals surface area contributed by atoms with Crippen molar-refractivity contribution in [2.45, 2.75) is 31.5 Å². The highest BCUT2D eigenvalue weighted by Gasteiger charge is 2.22. The summed E-state index contributed by atoms with van der Waals surface area (Å²) >= 11 is 0. The topological polar surface area (TPSA) is 70.0 Å². The number of carbonyl (C=O) groups excluding carboxylic acids is 1. The van der Waals surface area contributed by atoms with Crippen LogP contribution in [0.4, 0.5) is 9.18 Å². The van der Waals surface area contributed by atoms with Gasteiger partial charge in [-0.3, -0.25) is 9.80 Å². The summed E-state index contributed by atoms with van der Waals surface area (Å²) in [6.45, 7) is 2.86. The van der Waals surface area contributed by atoms with E-state index in [1.165, 1.54) is 13.2 Å². The molecule has 1 aliphatic heterocycles. The summed E-state index contributed by atoms with van der Waals surface area (Å²) < 4.78 is 24.3. The van der Waals surface area contributed by atoms with Crippen LogP contribution >= 0.6 is 0 Å². The number of likely N-dealkylation sites (tertiary alicyclic amines) is 1. The van der Waals surface area contributed by atoms with Crippen molar-refractivity contribution in [1.82, 2.24) is 20.4 Å². The molecule has 3 rings (SSSR count). The Kier molecular flexibility index (Phi) is 7.70. The molecule has 1 aromatic carbocycles. The van der Waals surface area contributed by atoms with Crippen LogP contribution in [0.25, 0.3) is 0 Å². The molecule has 1 aliphatic rings. The van der Waals surface area contributed by atoms with Crippen molar-refractivity contribution in [1.29, 1.82) is 0 Å². The van der Waals surface area contributed by atoms with Crippen molar-refractivity contribution >= 4 is 6.03 Å². The predicted octanol–water partition coefficient (Wildman–Crippen LogP) is 2.99. The van der Waals surface area contributed by atoms with E-state index in [0.717, 1.165) is 37.3 Å². The average Bonchev–Trinajstić information content (AvgIpc) is 3.24. The Morgan fingerprint density at radius 1 is 1.33 bits per heavy atom. The van der Waals surface area contributed by atoms with Crippen LogP contribution in [-0.4, -0.2) is 62.7 Å². The molecule has 2 heterocycles. The van der Waals surface area contributed by atoms with E-state index in [-0.39, 0.29) is 29.7 Å². The van der Waals surface area contributed by atoms with Crippen LogP contribution in [0.15, 0.2) is 41.0 Å². The first-order valence-corrected chi connectivity index (χ1v) is 10.2. The van der Waals surface area contributed by atoms with E-state index in [4.69, 9.17) is 9.15 Å². The summed E-state index contributed by atoms with van der Waals surface area (Å²) in [7, 11) is 5.37. The van der Waals surface area contributed by atoms with Gasteiger partial charge in [-0.25, -0.2) is 9.18 Å². The minimum atomic E-state index is -0.339. The zero-order valence-corrected chi connectivity index (χ0v) is 17.9. The van der Waals surface area contributed by atoms with Crippen molar-refractivity contribution in [3.63, 3.8) is 0 Å². The number of ether oxygens (including phenoxy) is 1. The van der Waals surface area contributed by atoms with E-state index in [9.17, 15) is 9.18 Å². The van der Waals surface area contributed by atoms with Crippen LogP contribution in [0.1, 0.15) is 30.2 Å². The SMILES string of the molecule is COc1ccc(CN2CCC(NC(=O)NCC(c3ccco3)N(C)C)CC2)cc1F. The molecule has 2 aromatic rings. The molecule has 8 heteroatoms. The number of nitrogens with zero attached hydrogens (tertiary/aromatic N) is 2. The highest BCUT2D eigenvalue weighted by Crippen LogP contribution is 2.20. The number of likely N-dealkylation sites (N-methyl/N-ethyl adjacent to an activating group) is 1. The highest BCUT2D eigenvalue weighted by molar-refractivity contribution is 5.74. The molecule has 0 spiro atoms. The van der Waals surface area contributed by atoms with Gasteiger partial charge in [-0.05, 0) is 56.8 Å². The van der Waals surface area contributed by atoms with Crippen LogP contribution in [0.2, 0.25) is 0 Å². The van der Waals surface area contributed by atoms with Gasteiger partial charge in [-0.1, -0.05) is 6.07 Å². The second-order valence-electron chi connectivity index (χ2n) is 7.87. The minimum absolute atomic E-state index is 0.0162. The third-order valence-corrected chi connectivity index (χ3v) is 5.50. The van der Waals surface area contributed by atoms with Gasteiger partial charge in [0.15, 0.2) is 11.6 Å². The fraction of sp³-hybridized carbons (Fsp3) is 0.500. The quantitative estimate of drug-likeness (QED) is 0.690. The number of halogens is 1.